The summed E-state index contributed by atoms with van der Waals surface area (Å²) in [6.45, 7) is 4.52. The van der Waals surface area contributed by atoms with Crippen LogP contribution >= 0.6 is 0 Å². The quantitative estimate of drug-likeness (QED) is 0.457. The van der Waals surface area contributed by atoms with E-state index in [-0.39, 0.29) is 18.2 Å². The maximum Gasteiger partial charge on any atom is 0.203 e. The van der Waals surface area contributed by atoms with Crippen LogP contribution in [-0.2, 0) is 0 Å². The van der Waals surface area contributed by atoms with Gasteiger partial charge in [0.05, 0.1) is 27.0 Å². The van der Waals surface area contributed by atoms with Gasteiger partial charge in [0.1, 0.15) is 0 Å². The molecule has 0 saturated carbocycles. The second kappa shape index (κ2) is 11.4. The van der Waals surface area contributed by atoms with Crippen LogP contribution in [0.3, 0.4) is 0 Å². The average Bonchev–Trinajstić information content (AvgIpc) is 2.86. The topological polar surface area (TPSA) is 78.9 Å². The van der Waals surface area contributed by atoms with Gasteiger partial charge in [0.2, 0.25) is 5.75 Å². The molecule has 0 aliphatic carbocycles. The molecular formula is C26H32ClN3O4. The number of para-hydroxylation sites is 1. The maximum absolute atomic E-state index is 13.0. The summed E-state index contributed by atoms with van der Waals surface area (Å²) < 4.78 is 16.5. The van der Waals surface area contributed by atoms with Gasteiger partial charge in [0, 0.05) is 56.2 Å². The molecule has 1 aliphatic rings. The third kappa shape index (κ3) is 5.22. The van der Waals surface area contributed by atoms with Crippen LogP contribution in [0.1, 0.15) is 16.8 Å². The summed E-state index contributed by atoms with van der Waals surface area (Å²) in [4.78, 5) is 17.7. The molecule has 8 heteroatoms. The third-order valence-corrected chi connectivity index (χ3v) is 6.32. The van der Waals surface area contributed by atoms with Gasteiger partial charge < -0.3 is 37.3 Å². The molecule has 1 aliphatic heterocycles. The number of ether oxygens (including phenoxy) is 3. The van der Waals surface area contributed by atoms with Gasteiger partial charge in [-0.2, -0.15) is 0 Å². The van der Waals surface area contributed by atoms with Crippen LogP contribution in [0, 0.1) is 0 Å². The van der Waals surface area contributed by atoms with E-state index in [0.29, 0.717) is 29.2 Å². The van der Waals surface area contributed by atoms with E-state index in [2.05, 4.69) is 27.7 Å². The van der Waals surface area contributed by atoms with E-state index in [1.165, 1.54) is 5.69 Å². The Labute approximate surface area is 206 Å². The number of anilines is 1. The highest BCUT2D eigenvalue weighted by molar-refractivity contribution is 6.02. The molecule has 1 fully saturated rings. The molecule has 0 spiro atoms. The largest absolute Gasteiger partial charge is 1.00 e. The van der Waals surface area contributed by atoms with Crippen molar-refractivity contribution in [2.24, 2.45) is 0 Å². The Balaban J connectivity index is 0.00000324. The van der Waals surface area contributed by atoms with E-state index in [4.69, 9.17) is 14.2 Å². The van der Waals surface area contributed by atoms with Crippen molar-refractivity contribution in [2.75, 3.05) is 59.0 Å². The number of hydrogen-bond acceptors (Lipinski definition) is 6. The molecule has 0 aromatic heterocycles. The summed E-state index contributed by atoms with van der Waals surface area (Å²) in [6.07, 6.45) is 0.488. The number of rotatable bonds is 8. The van der Waals surface area contributed by atoms with Crippen molar-refractivity contribution < 1.29 is 37.1 Å². The number of hydrogen-bond donors (Lipinski definition) is 1. The Morgan fingerprint density at radius 3 is 2.26 bits per heavy atom. The molecule has 4 rings (SSSR count). The summed E-state index contributed by atoms with van der Waals surface area (Å²) in [6, 6.07) is 15.8. The molecule has 0 unspecified atom stereocenters. The number of methoxy groups -OCH3 is 3. The molecule has 0 amide bonds. The molecule has 34 heavy (non-hydrogen) atoms. The van der Waals surface area contributed by atoms with E-state index >= 15 is 0 Å². The fourth-order valence-electron chi connectivity index (χ4n) is 4.49. The van der Waals surface area contributed by atoms with Crippen LogP contribution in [0.5, 0.6) is 17.2 Å². The Bertz CT molecular complexity index is 1150. The Morgan fingerprint density at radius 2 is 1.62 bits per heavy atom. The standard InChI is InChI=1S/C26H31N3O4.ClH/c1-31-24-17-19-16-18(8-9-20(19)25(32-2)26(24)33-3)23(30)10-11-28-12-14-29(15-13-28)22-7-5-4-6-21(22)27;/h4-9,16-17H,10-15,27H2,1-3H3;1H. The SMILES string of the molecule is COc1cc2cc(C(=O)CCN3CCN(c4ccccc4[NH3+])CC3)ccc2c(OC)c1OC.[Cl-]. The molecule has 0 radical (unpaired) electrons. The van der Waals surface area contributed by atoms with Crippen LogP contribution in [0.15, 0.2) is 48.5 Å². The number of ketones is 1. The van der Waals surface area contributed by atoms with Crippen molar-refractivity contribution >= 4 is 27.9 Å². The summed E-state index contributed by atoms with van der Waals surface area (Å²) >= 11 is 0. The molecule has 0 atom stereocenters. The molecule has 3 N–H and O–H groups in total. The first kappa shape index (κ1) is 25.6. The molecule has 1 saturated heterocycles. The Morgan fingerprint density at radius 1 is 0.912 bits per heavy atom. The first-order chi connectivity index (χ1) is 16.0. The van der Waals surface area contributed by atoms with Gasteiger partial charge in [0.15, 0.2) is 23.0 Å². The van der Waals surface area contributed by atoms with Gasteiger partial charge in [0.25, 0.3) is 0 Å². The number of nitrogens with zero attached hydrogens (tertiary/aromatic N) is 2. The van der Waals surface area contributed by atoms with Crippen molar-refractivity contribution in [3.63, 3.8) is 0 Å². The highest BCUT2D eigenvalue weighted by atomic mass is 35.5. The van der Waals surface area contributed by atoms with Gasteiger partial charge in [-0.05, 0) is 29.7 Å². The zero-order valence-electron chi connectivity index (χ0n) is 20.0. The normalized spacial score (nSPS) is 13.9. The number of benzene rings is 3. The minimum atomic E-state index is 0. The van der Waals surface area contributed by atoms with Crippen molar-refractivity contribution in [1.82, 2.24) is 4.90 Å². The lowest BCUT2D eigenvalue weighted by Gasteiger charge is -2.35. The van der Waals surface area contributed by atoms with Crippen molar-refractivity contribution in [2.45, 2.75) is 6.42 Å². The zero-order valence-corrected chi connectivity index (χ0v) is 20.7. The zero-order chi connectivity index (χ0) is 23.4. The van der Waals surface area contributed by atoms with E-state index in [9.17, 15) is 4.79 Å². The second-order valence-electron chi connectivity index (χ2n) is 8.21. The number of fused-ring (bicyclic) bond motifs is 1. The Hall–Kier alpha value is -3.00. The minimum absolute atomic E-state index is 0. The third-order valence-electron chi connectivity index (χ3n) is 6.32. The van der Waals surface area contributed by atoms with Crippen LogP contribution in [0.2, 0.25) is 0 Å². The highest BCUT2D eigenvalue weighted by Gasteiger charge is 2.21. The monoisotopic (exact) mass is 485 g/mol. The lowest BCUT2D eigenvalue weighted by atomic mass is 10.0. The average molecular weight is 486 g/mol. The van der Waals surface area contributed by atoms with Crippen LogP contribution in [-0.4, -0.2) is 64.7 Å². The van der Waals surface area contributed by atoms with Gasteiger partial charge in [-0.15, -0.1) is 0 Å². The molecule has 7 nitrogen and oxygen atoms in total. The minimum Gasteiger partial charge on any atom is -1.00 e. The number of halogens is 1. The summed E-state index contributed by atoms with van der Waals surface area (Å²) in [5.74, 6) is 1.86. The van der Waals surface area contributed by atoms with Gasteiger partial charge >= 0.3 is 0 Å². The van der Waals surface area contributed by atoms with Crippen molar-refractivity contribution in [3.8, 4) is 17.2 Å². The summed E-state index contributed by atoms with van der Waals surface area (Å²) in [5.41, 5.74) is 7.09. The van der Waals surface area contributed by atoms with Gasteiger partial charge in [-0.1, -0.05) is 18.2 Å². The van der Waals surface area contributed by atoms with Gasteiger partial charge in [-0.25, -0.2) is 0 Å². The van der Waals surface area contributed by atoms with Gasteiger partial charge in [-0.3, -0.25) is 9.69 Å². The molecular weight excluding hydrogens is 454 g/mol. The first-order valence-corrected chi connectivity index (χ1v) is 11.2. The number of carbonyl (C=O) groups excluding carboxylic acids is 1. The number of Topliss-reactive ketones (excluding diaryl/α,β-unsaturated/α-hetero) is 1. The fourth-order valence-corrected chi connectivity index (χ4v) is 4.49. The van der Waals surface area contributed by atoms with E-state index in [1.807, 2.05) is 36.4 Å². The number of quaternary nitrogens is 1. The molecule has 1 heterocycles. The van der Waals surface area contributed by atoms with E-state index in [0.717, 1.165) is 49.2 Å². The summed E-state index contributed by atoms with van der Waals surface area (Å²) in [7, 11) is 4.78. The van der Waals surface area contributed by atoms with Crippen LogP contribution < -0.4 is 37.3 Å². The van der Waals surface area contributed by atoms with E-state index < -0.39 is 0 Å². The number of piperazine rings is 1. The van der Waals surface area contributed by atoms with E-state index in [1.54, 1.807) is 21.3 Å². The predicted octanol–water partition coefficient (Wildman–Crippen LogP) is 0.138. The number of carbonyl (C=O) groups is 1. The molecule has 3 aromatic carbocycles. The predicted molar refractivity (Wildman–Crippen MR) is 130 cm³/mol. The molecule has 0 bridgehead atoms. The van der Waals surface area contributed by atoms with Crippen LogP contribution in [0.25, 0.3) is 10.8 Å². The highest BCUT2D eigenvalue weighted by Crippen LogP contribution is 2.43. The lowest BCUT2D eigenvalue weighted by Crippen LogP contribution is -3.00. The second-order valence-corrected chi connectivity index (χ2v) is 8.21. The summed E-state index contributed by atoms with van der Waals surface area (Å²) in [5, 5.41) is 1.77. The molecule has 182 valence electrons. The lowest BCUT2D eigenvalue weighted by molar-refractivity contribution is -0.253. The van der Waals surface area contributed by atoms with Crippen molar-refractivity contribution in [3.05, 3.63) is 54.1 Å². The smallest absolute Gasteiger partial charge is 0.203 e. The first-order valence-electron chi connectivity index (χ1n) is 11.2. The fraction of sp³-hybridized carbons (Fsp3) is 0.346. The molecule has 3 aromatic rings. The van der Waals surface area contributed by atoms with Crippen LogP contribution in [0.4, 0.5) is 11.4 Å². The maximum atomic E-state index is 13.0. The van der Waals surface area contributed by atoms with Crippen molar-refractivity contribution in [1.29, 1.82) is 0 Å². The Kier molecular flexibility index (Phi) is 8.61.